The van der Waals surface area contributed by atoms with Gasteiger partial charge in [0, 0.05) is 34.0 Å². The second kappa shape index (κ2) is 9.38. The third-order valence-electron chi connectivity index (χ3n) is 3.78. The van der Waals surface area contributed by atoms with Gasteiger partial charge >= 0.3 is 5.97 Å². The maximum atomic E-state index is 12.2. The van der Waals surface area contributed by atoms with Gasteiger partial charge in [-0.2, -0.15) is 11.3 Å². The van der Waals surface area contributed by atoms with Crippen molar-refractivity contribution < 1.29 is 19.1 Å². The van der Waals surface area contributed by atoms with Crippen LogP contribution in [0.3, 0.4) is 0 Å². The van der Waals surface area contributed by atoms with Crippen molar-refractivity contribution in [1.29, 1.82) is 0 Å². The molecule has 0 aliphatic rings. The lowest BCUT2D eigenvalue weighted by molar-refractivity contribution is -0.116. The minimum atomic E-state index is -0.630. The molecule has 2 heterocycles. The van der Waals surface area contributed by atoms with Crippen LogP contribution in [-0.4, -0.2) is 29.3 Å². The van der Waals surface area contributed by atoms with E-state index in [0.717, 1.165) is 17.0 Å². The maximum absolute atomic E-state index is 12.2. The summed E-state index contributed by atoms with van der Waals surface area (Å²) in [6, 6.07) is 8.41. The molecule has 0 fully saturated rings. The zero-order valence-corrected chi connectivity index (χ0v) is 16.8. The predicted octanol–water partition coefficient (Wildman–Crippen LogP) is 4.65. The number of ether oxygens (including phenoxy) is 1. The summed E-state index contributed by atoms with van der Waals surface area (Å²) in [4.78, 5) is 40.2. The highest BCUT2D eigenvalue weighted by Crippen LogP contribution is 2.25. The number of amides is 1. The second-order valence-electron chi connectivity index (χ2n) is 5.92. The Morgan fingerprint density at radius 3 is 2.57 bits per heavy atom. The average molecular weight is 415 g/mol. The molecule has 28 heavy (non-hydrogen) atoms. The Bertz CT molecular complexity index is 963. The van der Waals surface area contributed by atoms with E-state index < -0.39 is 5.97 Å². The molecule has 0 unspecified atom stereocenters. The number of thiophene rings is 1. The van der Waals surface area contributed by atoms with Crippen LogP contribution in [0.1, 0.15) is 40.6 Å². The van der Waals surface area contributed by atoms with E-state index in [4.69, 9.17) is 4.74 Å². The number of hydrogen-bond acceptors (Lipinski definition) is 7. The highest BCUT2D eigenvalue weighted by atomic mass is 32.1. The molecule has 0 saturated carbocycles. The molecule has 3 rings (SSSR count). The summed E-state index contributed by atoms with van der Waals surface area (Å²) in [5, 5.41) is 9.00. The van der Waals surface area contributed by atoms with Gasteiger partial charge in [0.15, 0.2) is 18.1 Å². The van der Waals surface area contributed by atoms with E-state index in [-0.39, 0.29) is 24.0 Å². The van der Waals surface area contributed by atoms with E-state index >= 15 is 0 Å². The fourth-order valence-corrected chi connectivity index (χ4v) is 3.87. The Morgan fingerprint density at radius 2 is 1.89 bits per heavy atom. The minimum absolute atomic E-state index is 0.0689. The number of nitrogens with one attached hydrogen (secondary N) is 1. The van der Waals surface area contributed by atoms with Crippen molar-refractivity contribution in [3.8, 4) is 10.6 Å². The monoisotopic (exact) mass is 414 g/mol. The lowest BCUT2D eigenvalue weighted by atomic mass is 10.1. The first-order valence-electron chi connectivity index (χ1n) is 8.65. The van der Waals surface area contributed by atoms with Crippen molar-refractivity contribution in [2.24, 2.45) is 0 Å². The zero-order chi connectivity index (χ0) is 19.9. The van der Waals surface area contributed by atoms with E-state index in [0.29, 0.717) is 17.7 Å². The fraction of sp³-hybridized carbons (Fsp3) is 0.200. The Hall–Kier alpha value is -2.84. The van der Waals surface area contributed by atoms with Crippen LogP contribution in [0.5, 0.6) is 0 Å². The number of carbonyl (C=O) groups is 3. The number of ketones is 1. The summed E-state index contributed by atoms with van der Waals surface area (Å²) in [7, 11) is 0. The lowest BCUT2D eigenvalue weighted by Gasteiger charge is -2.06. The van der Waals surface area contributed by atoms with Crippen molar-refractivity contribution in [3.63, 3.8) is 0 Å². The number of nitrogens with zero attached hydrogens (tertiary/aromatic N) is 1. The largest absolute Gasteiger partial charge is 0.453 e. The Balaban J connectivity index is 1.53. The number of thiazole rings is 1. The molecule has 0 aliphatic heterocycles. The number of benzene rings is 1. The van der Waals surface area contributed by atoms with Crippen LogP contribution in [0, 0.1) is 0 Å². The molecule has 2 aromatic heterocycles. The molecule has 144 valence electrons. The number of anilines is 1. The summed E-state index contributed by atoms with van der Waals surface area (Å²) >= 11 is 2.90. The third-order valence-corrected chi connectivity index (χ3v) is 5.36. The first-order valence-corrected chi connectivity index (χ1v) is 10.5. The van der Waals surface area contributed by atoms with Crippen LogP contribution in [0.2, 0.25) is 0 Å². The number of esters is 1. The van der Waals surface area contributed by atoms with Crippen molar-refractivity contribution in [2.75, 3.05) is 11.9 Å². The number of hydrogen-bond donors (Lipinski definition) is 1. The van der Waals surface area contributed by atoms with Gasteiger partial charge in [-0.25, -0.2) is 9.78 Å². The van der Waals surface area contributed by atoms with E-state index in [2.05, 4.69) is 10.3 Å². The molecule has 1 aromatic carbocycles. The second-order valence-corrected chi connectivity index (χ2v) is 7.56. The normalized spacial score (nSPS) is 10.5. The molecule has 8 heteroatoms. The number of carbonyl (C=O) groups excluding carboxylic acids is 3. The first kappa shape index (κ1) is 19.9. The van der Waals surface area contributed by atoms with Gasteiger partial charge in [-0.05, 0) is 42.1 Å². The SMILES string of the molecule is CCCC(=O)Nc1ccc(C(=O)COC(=O)c2csc(-c3ccsc3)n2)cc1. The summed E-state index contributed by atoms with van der Waals surface area (Å²) in [6.45, 7) is 1.56. The average Bonchev–Trinajstić information content (AvgIpc) is 3.38. The molecular weight excluding hydrogens is 396 g/mol. The topological polar surface area (TPSA) is 85.4 Å². The summed E-state index contributed by atoms with van der Waals surface area (Å²) in [5.41, 5.74) is 2.16. The smallest absolute Gasteiger partial charge is 0.358 e. The van der Waals surface area contributed by atoms with E-state index in [9.17, 15) is 14.4 Å². The Labute approximate surface area is 170 Å². The summed E-state index contributed by atoms with van der Waals surface area (Å²) in [5.74, 6) is -1.02. The van der Waals surface area contributed by atoms with Gasteiger partial charge < -0.3 is 10.1 Å². The molecule has 0 bridgehead atoms. The number of rotatable bonds is 8. The lowest BCUT2D eigenvalue weighted by Crippen LogP contribution is -2.15. The molecule has 1 amide bonds. The van der Waals surface area contributed by atoms with Crippen LogP contribution in [0.4, 0.5) is 5.69 Å². The van der Waals surface area contributed by atoms with Crippen molar-refractivity contribution in [2.45, 2.75) is 19.8 Å². The molecule has 1 N–H and O–H groups in total. The van der Waals surface area contributed by atoms with Gasteiger partial charge in [-0.15, -0.1) is 11.3 Å². The highest BCUT2D eigenvalue weighted by Gasteiger charge is 2.16. The molecule has 0 saturated heterocycles. The van der Waals surface area contributed by atoms with Crippen molar-refractivity contribution in [1.82, 2.24) is 4.98 Å². The van der Waals surface area contributed by atoms with Gasteiger partial charge in [-0.3, -0.25) is 9.59 Å². The highest BCUT2D eigenvalue weighted by molar-refractivity contribution is 7.14. The summed E-state index contributed by atoms with van der Waals surface area (Å²) < 4.78 is 5.09. The van der Waals surface area contributed by atoms with Crippen LogP contribution >= 0.6 is 22.7 Å². The maximum Gasteiger partial charge on any atom is 0.358 e. The van der Waals surface area contributed by atoms with Crippen LogP contribution in [0.15, 0.2) is 46.5 Å². The van der Waals surface area contributed by atoms with Gasteiger partial charge in [-0.1, -0.05) is 6.92 Å². The standard InChI is InChI=1S/C20H18N2O4S2/c1-2-3-18(24)21-15-6-4-13(5-7-15)17(23)10-26-20(25)16-12-28-19(22-16)14-8-9-27-11-14/h4-9,11-12H,2-3,10H2,1H3,(H,21,24). The van der Waals surface area contributed by atoms with E-state index in [1.54, 1.807) is 41.0 Å². The van der Waals surface area contributed by atoms with Gasteiger partial charge in [0.2, 0.25) is 5.91 Å². The quantitative estimate of drug-likeness (QED) is 0.428. The molecular formula is C20H18N2O4S2. The Morgan fingerprint density at radius 1 is 1.11 bits per heavy atom. The fourth-order valence-electron chi connectivity index (χ4n) is 2.36. The zero-order valence-electron chi connectivity index (χ0n) is 15.1. The Kier molecular flexibility index (Phi) is 6.67. The van der Waals surface area contributed by atoms with Crippen molar-refractivity contribution in [3.05, 3.63) is 57.7 Å². The van der Waals surface area contributed by atoms with Crippen LogP contribution in [-0.2, 0) is 9.53 Å². The molecule has 3 aromatic rings. The van der Waals surface area contributed by atoms with Crippen molar-refractivity contribution >= 4 is 46.0 Å². The predicted molar refractivity (Wildman–Crippen MR) is 110 cm³/mol. The first-order chi connectivity index (χ1) is 13.6. The van der Waals surface area contributed by atoms with Crippen LogP contribution in [0.25, 0.3) is 10.6 Å². The van der Waals surface area contributed by atoms with E-state index in [1.807, 2.05) is 23.8 Å². The molecule has 0 aliphatic carbocycles. The molecule has 6 nitrogen and oxygen atoms in total. The molecule has 0 atom stereocenters. The number of aromatic nitrogens is 1. The number of Topliss-reactive ketones (excluding diaryl/α,β-unsaturated/α-hetero) is 1. The minimum Gasteiger partial charge on any atom is -0.453 e. The van der Waals surface area contributed by atoms with Gasteiger partial charge in [0.1, 0.15) is 5.01 Å². The molecule has 0 spiro atoms. The van der Waals surface area contributed by atoms with E-state index in [1.165, 1.54) is 11.3 Å². The van der Waals surface area contributed by atoms with Gasteiger partial charge in [0.25, 0.3) is 0 Å². The molecule has 0 radical (unpaired) electrons. The third kappa shape index (κ3) is 5.11. The van der Waals surface area contributed by atoms with Crippen LogP contribution < -0.4 is 5.32 Å². The summed E-state index contributed by atoms with van der Waals surface area (Å²) in [6.07, 6.45) is 1.21. The van der Waals surface area contributed by atoms with Gasteiger partial charge in [0.05, 0.1) is 0 Å².